The van der Waals surface area contributed by atoms with E-state index < -0.39 is 18.5 Å². The monoisotopic (exact) mass is 371 g/mol. The van der Waals surface area contributed by atoms with Crippen LogP contribution in [0.1, 0.15) is 15.9 Å². The van der Waals surface area contributed by atoms with E-state index in [1.54, 1.807) is 18.2 Å². The number of esters is 1. The Morgan fingerprint density at radius 1 is 0.957 bits per heavy atom. The molecule has 0 saturated heterocycles. The summed E-state index contributed by atoms with van der Waals surface area (Å²) in [5.74, 6) is -1.10. The van der Waals surface area contributed by atoms with Crippen LogP contribution in [-0.2, 0) is 16.1 Å². The molecule has 4 nitrogen and oxygen atoms in total. The third kappa shape index (κ3) is 5.75. The fourth-order valence-corrected chi connectivity index (χ4v) is 2.52. The van der Waals surface area contributed by atoms with Crippen LogP contribution in [0.25, 0.3) is 0 Å². The lowest BCUT2D eigenvalue weighted by atomic mass is 10.2. The average Bonchev–Trinajstić information content (AvgIpc) is 2.49. The lowest BCUT2D eigenvalue weighted by Crippen LogP contribution is -2.28. The Labute approximate surface area is 148 Å². The molecule has 0 aliphatic heterocycles. The van der Waals surface area contributed by atoms with Crippen LogP contribution < -0.4 is 5.32 Å². The predicted molar refractivity (Wildman–Crippen MR) is 90.0 cm³/mol. The van der Waals surface area contributed by atoms with Crippen molar-refractivity contribution in [2.24, 2.45) is 0 Å². The predicted octanol–water partition coefficient (Wildman–Crippen LogP) is 4.12. The van der Waals surface area contributed by atoms with Crippen LogP contribution in [0.2, 0.25) is 15.1 Å². The van der Waals surface area contributed by atoms with Gasteiger partial charge in [0.1, 0.15) is 0 Å². The topological polar surface area (TPSA) is 55.4 Å². The van der Waals surface area contributed by atoms with Gasteiger partial charge < -0.3 is 10.1 Å². The molecule has 0 aliphatic rings. The van der Waals surface area contributed by atoms with Gasteiger partial charge in [-0.15, -0.1) is 0 Å². The quantitative estimate of drug-likeness (QED) is 0.803. The number of benzene rings is 2. The molecule has 7 heteroatoms. The molecular formula is C16H12Cl3NO3. The molecule has 2 aromatic rings. The summed E-state index contributed by atoms with van der Waals surface area (Å²) in [6.07, 6.45) is 0. The molecule has 1 amide bonds. The van der Waals surface area contributed by atoms with Crippen molar-refractivity contribution in [1.29, 1.82) is 0 Å². The normalized spacial score (nSPS) is 10.2. The minimum absolute atomic E-state index is 0.185. The van der Waals surface area contributed by atoms with Gasteiger partial charge in [0, 0.05) is 21.6 Å². The molecule has 0 saturated carbocycles. The Kier molecular flexibility index (Phi) is 6.28. The summed E-state index contributed by atoms with van der Waals surface area (Å²) in [5.41, 5.74) is 1.03. The number of hydrogen-bond acceptors (Lipinski definition) is 3. The maximum Gasteiger partial charge on any atom is 0.338 e. The smallest absolute Gasteiger partial charge is 0.338 e. The number of ether oxygens (including phenoxy) is 1. The summed E-state index contributed by atoms with van der Waals surface area (Å²) < 4.78 is 4.92. The van der Waals surface area contributed by atoms with Gasteiger partial charge in [0.15, 0.2) is 6.61 Å². The molecule has 0 fully saturated rings. The van der Waals surface area contributed by atoms with Crippen molar-refractivity contribution < 1.29 is 14.3 Å². The summed E-state index contributed by atoms with van der Waals surface area (Å²) >= 11 is 17.5. The van der Waals surface area contributed by atoms with Crippen molar-refractivity contribution in [3.63, 3.8) is 0 Å². The summed E-state index contributed by atoms with van der Waals surface area (Å²) in [5, 5.41) is 3.84. The lowest BCUT2D eigenvalue weighted by molar-refractivity contribution is -0.124. The van der Waals surface area contributed by atoms with Gasteiger partial charge in [-0.25, -0.2) is 4.79 Å². The standard InChI is InChI=1S/C16H12Cl3NO3/c17-12-3-1-2-10(4-12)8-20-15(21)9-23-16(22)11-5-13(18)7-14(19)6-11/h1-7H,8-9H2,(H,20,21). The van der Waals surface area contributed by atoms with Gasteiger partial charge in [0.25, 0.3) is 5.91 Å². The van der Waals surface area contributed by atoms with E-state index in [9.17, 15) is 9.59 Å². The Hall–Kier alpha value is -1.75. The second-order valence-electron chi connectivity index (χ2n) is 4.64. The second kappa shape index (κ2) is 8.20. The number of amides is 1. The van der Waals surface area contributed by atoms with Crippen LogP contribution in [0, 0.1) is 0 Å². The van der Waals surface area contributed by atoms with Gasteiger partial charge >= 0.3 is 5.97 Å². The number of carbonyl (C=O) groups excluding carboxylic acids is 2. The minimum atomic E-state index is -0.674. The maximum atomic E-state index is 11.8. The highest BCUT2D eigenvalue weighted by atomic mass is 35.5. The summed E-state index contributed by atoms with van der Waals surface area (Å²) in [4.78, 5) is 23.5. The van der Waals surface area contributed by atoms with E-state index in [2.05, 4.69) is 5.32 Å². The van der Waals surface area contributed by atoms with Gasteiger partial charge in [-0.05, 0) is 35.9 Å². The molecule has 120 valence electrons. The highest BCUT2D eigenvalue weighted by Gasteiger charge is 2.11. The fraction of sp³-hybridized carbons (Fsp3) is 0.125. The Morgan fingerprint density at radius 3 is 2.30 bits per heavy atom. The van der Waals surface area contributed by atoms with Crippen LogP contribution in [0.5, 0.6) is 0 Å². The van der Waals surface area contributed by atoms with Crippen LogP contribution in [-0.4, -0.2) is 18.5 Å². The first kappa shape index (κ1) is 17.6. The largest absolute Gasteiger partial charge is 0.452 e. The molecule has 2 aromatic carbocycles. The maximum absolute atomic E-state index is 11.8. The summed E-state index contributed by atoms with van der Waals surface area (Å²) in [6, 6.07) is 11.4. The van der Waals surface area contributed by atoms with Crippen LogP contribution in [0.4, 0.5) is 0 Å². The van der Waals surface area contributed by atoms with Gasteiger partial charge in [0.2, 0.25) is 0 Å². The zero-order chi connectivity index (χ0) is 16.8. The number of hydrogen-bond donors (Lipinski definition) is 1. The molecule has 0 heterocycles. The molecule has 0 aromatic heterocycles. The van der Waals surface area contributed by atoms with Crippen LogP contribution in [0.3, 0.4) is 0 Å². The molecule has 1 N–H and O–H groups in total. The van der Waals surface area contributed by atoms with Crippen molar-refractivity contribution in [3.8, 4) is 0 Å². The van der Waals surface area contributed by atoms with E-state index in [0.717, 1.165) is 5.56 Å². The van der Waals surface area contributed by atoms with Gasteiger partial charge in [-0.3, -0.25) is 4.79 Å². The van der Waals surface area contributed by atoms with Crippen molar-refractivity contribution in [2.45, 2.75) is 6.54 Å². The highest BCUT2D eigenvalue weighted by Crippen LogP contribution is 2.19. The van der Waals surface area contributed by atoms with Gasteiger partial charge in [-0.1, -0.05) is 46.9 Å². The SMILES string of the molecule is O=C(COC(=O)c1cc(Cl)cc(Cl)c1)NCc1cccc(Cl)c1. The summed E-state index contributed by atoms with van der Waals surface area (Å²) in [6.45, 7) is -0.108. The first-order valence-corrected chi connectivity index (χ1v) is 7.72. The van der Waals surface area contributed by atoms with Crippen LogP contribution >= 0.6 is 34.8 Å². The van der Waals surface area contributed by atoms with E-state index in [1.165, 1.54) is 18.2 Å². The Morgan fingerprint density at radius 2 is 1.65 bits per heavy atom. The second-order valence-corrected chi connectivity index (χ2v) is 5.95. The molecule has 0 atom stereocenters. The molecular weight excluding hydrogens is 361 g/mol. The van der Waals surface area contributed by atoms with E-state index in [-0.39, 0.29) is 5.56 Å². The van der Waals surface area contributed by atoms with E-state index in [0.29, 0.717) is 21.6 Å². The first-order chi connectivity index (χ1) is 10.9. The van der Waals surface area contributed by atoms with E-state index in [1.807, 2.05) is 6.07 Å². The minimum Gasteiger partial charge on any atom is -0.452 e. The lowest BCUT2D eigenvalue weighted by Gasteiger charge is -2.07. The molecule has 23 heavy (non-hydrogen) atoms. The van der Waals surface area contributed by atoms with Crippen molar-refractivity contribution in [1.82, 2.24) is 5.32 Å². The number of halogens is 3. The molecule has 2 rings (SSSR count). The van der Waals surface area contributed by atoms with Crippen molar-refractivity contribution in [2.75, 3.05) is 6.61 Å². The number of nitrogens with one attached hydrogen (secondary N) is 1. The molecule has 0 bridgehead atoms. The third-order valence-corrected chi connectivity index (χ3v) is 3.48. The highest BCUT2D eigenvalue weighted by molar-refractivity contribution is 6.35. The molecule has 0 aliphatic carbocycles. The van der Waals surface area contributed by atoms with E-state index in [4.69, 9.17) is 39.5 Å². The first-order valence-electron chi connectivity index (χ1n) is 6.58. The van der Waals surface area contributed by atoms with Crippen molar-refractivity contribution in [3.05, 3.63) is 68.7 Å². The average molecular weight is 373 g/mol. The molecule has 0 unspecified atom stereocenters. The molecule has 0 radical (unpaired) electrons. The summed E-state index contributed by atoms with van der Waals surface area (Å²) in [7, 11) is 0. The number of carbonyl (C=O) groups is 2. The molecule has 0 spiro atoms. The van der Waals surface area contributed by atoms with Gasteiger partial charge in [0.05, 0.1) is 5.56 Å². The Bertz CT molecular complexity index is 714. The third-order valence-electron chi connectivity index (χ3n) is 2.81. The Balaban J connectivity index is 1.83. The van der Waals surface area contributed by atoms with Crippen molar-refractivity contribution >= 4 is 46.7 Å². The zero-order valence-corrected chi connectivity index (χ0v) is 14.1. The van der Waals surface area contributed by atoms with Gasteiger partial charge in [-0.2, -0.15) is 0 Å². The van der Waals surface area contributed by atoms with Crippen LogP contribution in [0.15, 0.2) is 42.5 Å². The van der Waals surface area contributed by atoms with E-state index >= 15 is 0 Å². The fourth-order valence-electron chi connectivity index (χ4n) is 1.78. The number of rotatable bonds is 5. The zero-order valence-electron chi connectivity index (χ0n) is 11.8.